The van der Waals surface area contributed by atoms with E-state index in [0.717, 1.165) is 22.2 Å². The first-order valence-corrected chi connectivity index (χ1v) is 7.46. The lowest BCUT2D eigenvalue weighted by Gasteiger charge is -2.19. The van der Waals surface area contributed by atoms with Gasteiger partial charge in [0.25, 0.3) is 0 Å². The summed E-state index contributed by atoms with van der Waals surface area (Å²) in [5, 5.41) is 0. The average Bonchev–Trinajstić information content (AvgIpc) is 2.40. The van der Waals surface area contributed by atoms with Gasteiger partial charge in [-0.1, -0.05) is 40.2 Å². The molecule has 2 aromatic rings. The van der Waals surface area contributed by atoms with Crippen molar-refractivity contribution in [1.29, 1.82) is 0 Å². The number of aryl methyl sites for hydroxylation is 2. The van der Waals surface area contributed by atoms with Crippen LogP contribution in [0.5, 0.6) is 5.75 Å². The van der Waals surface area contributed by atoms with Gasteiger partial charge in [0.15, 0.2) is 0 Å². The van der Waals surface area contributed by atoms with Crippen molar-refractivity contribution in [1.82, 2.24) is 0 Å². The van der Waals surface area contributed by atoms with Crippen molar-refractivity contribution < 1.29 is 4.74 Å². The van der Waals surface area contributed by atoms with Gasteiger partial charge in [0.1, 0.15) is 5.75 Å². The Balaban J connectivity index is 2.34. The van der Waals surface area contributed by atoms with Crippen LogP contribution in [0.25, 0.3) is 0 Å². The molecule has 0 fully saturated rings. The van der Waals surface area contributed by atoms with Crippen LogP contribution < -0.4 is 10.5 Å². The molecule has 1 unspecified atom stereocenters. The zero-order valence-corrected chi connectivity index (χ0v) is 13.7. The van der Waals surface area contributed by atoms with Crippen molar-refractivity contribution in [2.45, 2.75) is 26.3 Å². The fourth-order valence-corrected chi connectivity index (χ4v) is 3.03. The number of ether oxygens (including phenoxy) is 1. The first-order valence-electron chi connectivity index (χ1n) is 6.67. The van der Waals surface area contributed by atoms with E-state index in [2.05, 4.69) is 41.9 Å². The highest BCUT2D eigenvalue weighted by Crippen LogP contribution is 2.31. The van der Waals surface area contributed by atoms with Gasteiger partial charge in [-0.25, -0.2) is 0 Å². The number of hydrogen-bond acceptors (Lipinski definition) is 2. The van der Waals surface area contributed by atoms with Gasteiger partial charge in [-0.3, -0.25) is 0 Å². The maximum atomic E-state index is 6.42. The predicted molar refractivity (Wildman–Crippen MR) is 87.2 cm³/mol. The summed E-state index contributed by atoms with van der Waals surface area (Å²) in [6.07, 6.45) is 0.779. The monoisotopic (exact) mass is 333 g/mol. The van der Waals surface area contributed by atoms with Crippen molar-refractivity contribution in [2.75, 3.05) is 7.11 Å². The molecule has 0 bridgehead atoms. The summed E-state index contributed by atoms with van der Waals surface area (Å²) in [4.78, 5) is 0. The molecular formula is C17H20BrNO. The molecule has 0 amide bonds. The van der Waals surface area contributed by atoms with E-state index in [1.807, 2.05) is 24.3 Å². The number of methoxy groups -OCH3 is 1. The molecule has 1 atom stereocenters. The Bertz CT molecular complexity index is 610. The second-order valence-electron chi connectivity index (χ2n) is 5.10. The van der Waals surface area contributed by atoms with Crippen molar-refractivity contribution in [3.8, 4) is 5.75 Å². The maximum absolute atomic E-state index is 6.42. The van der Waals surface area contributed by atoms with Crippen LogP contribution in [0.3, 0.4) is 0 Å². The molecule has 0 aliphatic carbocycles. The molecule has 0 heterocycles. The van der Waals surface area contributed by atoms with Gasteiger partial charge >= 0.3 is 0 Å². The maximum Gasteiger partial charge on any atom is 0.124 e. The van der Waals surface area contributed by atoms with Crippen molar-refractivity contribution in [2.24, 2.45) is 5.73 Å². The third-order valence-electron chi connectivity index (χ3n) is 3.48. The summed E-state index contributed by atoms with van der Waals surface area (Å²) in [6, 6.07) is 12.3. The Kier molecular flexibility index (Phi) is 4.84. The molecule has 2 nitrogen and oxygen atoms in total. The van der Waals surface area contributed by atoms with Crippen molar-refractivity contribution in [3.63, 3.8) is 0 Å². The minimum absolute atomic E-state index is 0.0794. The standard InChI is InChI=1S/C17H20BrNO/c1-11-8-12(2)17(16(9-11)20-3)15(19)10-13-6-4-5-7-14(13)18/h4-9,15H,10,19H2,1-3H3. The quantitative estimate of drug-likeness (QED) is 0.904. The summed E-state index contributed by atoms with van der Waals surface area (Å²) >= 11 is 3.58. The van der Waals surface area contributed by atoms with Gasteiger partial charge in [-0.15, -0.1) is 0 Å². The summed E-state index contributed by atoms with van der Waals surface area (Å²) in [5.41, 5.74) is 11.1. The minimum Gasteiger partial charge on any atom is -0.496 e. The number of nitrogens with two attached hydrogens (primary N) is 1. The third kappa shape index (κ3) is 3.22. The lowest BCUT2D eigenvalue weighted by Crippen LogP contribution is -2.16. The highest BCUT2D eigenvalue weighted by Gasteiger charge is 2.16. The molecule has 0 saturated carbocycles. The molecule has 2 N–H and O–H groups in total. The van der Waals surface area contributed by atoms with E-state index in [1.54, 1.807) is 7.11 Å². The predicted octanol–water partition coefficient (Wildman–Crippen LogP) is 4.32. The Morgan fingerprint density at radius 1 is 1.20 bits per heavy atom. The van der Waals surface area contributed by atoms with Gasteiger partial charge < -0.3 is 10.5 Å². The Morgan fingerprint density at radius 3 is 2.55 bits per heavy atom. The molecule has 0 aliphatic heterocycles. The zero-order chi connectivity index (χ0) is 14.7. The van der Waals surface area contributed by atoms with Gasteiger partial charge in [0.05, 0.1) is 7.11 Å². The molecule has 0 aliphatic rings. The smallest absolute Gasteiger partial charge is 0.124 e. The molecular weight excluding hydrogens is 314 g/mol. The normalized spacial score (nSPS) is 12.2. The Labute approximate surface area is 129 Å². The highest BCUT2D eigenvalue weighted by atomic mass is 79.9. The molecule has 20 heavy (non-hydrogen) atoms. The zero-order valence-electron chi connectivity index (χ0n) is 12.1. The average molecular weight is 334 g/mol. The Hall–Kier alpha value is -1.32. The summed E-state index contributed by atoms with van der Waals surface area (Å²) < 4.78 is 6.60. The Morgan fingerprint density at radius 2 is 1.90 bits per heavy atom. The van der Waals surface area contributed by atoms with Crippen LogP contribution in [0, 0.1) is 13.8 Å². The number of rotatable bonds is 4. The minimum atomic E-state index is -0.0794. The van der Waals surface area contributed by atoms with Crippen molar-refractivity contribution in [3.05, 3.63) is 63.1 Å². The molecule has 0 spiro atoms. The summed E-state index contributed by atoms with van der Waals surface area (Å²) in [5.74, 6) is 0.877. The van der Waals surface area contributed by atoms with E-state index in [0.29, 0.717) is 0 Å². The van der Waals surface area contributed by atoms with Gasteiger partial charge in [0, 0.05) is 16.1 Å². The number of halogens is 1. The molecule has 0 radical (unpaired) electrons. The van der Waals surface area contributed by atoms with Crippen LogP contribution in [0.2, 0.25) is 0 Å². The SMILES string of the molecule is COc1cc(C)cc(C)c1C(N)Cc1ccccc1Br. The molecule has 0 saturated heterocycles. The first-order chi connectivity index (χ1) is 9.52. The van der Waals surface area contributed by atoms with Gasteiger partial charge in [-0.2, -0.15) is 0 Å². The van der Waals surface area contributed by atoms with E-state index < -0.39 is 0 Å². The first kappa shape index (κ1) is 15.1. The highest BCUT2D eigenvalue weighted by molar-refractivity contribution is 9.10. The van der Waals surface area contributed by atoms with Crippen LogP contribution in [-0.2, 0) is 6.42 Å². The second kappa shape index (κ2) is 6.42. The van der Waals surface area contributed by atoms with E-state index in [9.17, 15) is 0 Å². The largest absolute Gasteiger partial charge is 0.496 e. The van der Waals surface area contributed by atoms with E-state index in [1.165, 1.54) is 16.7 Å². The lowest BCUT2D eigenvalue weighted by atomic mass is 9.94. The fraction of sp³-hybridized carbons (Fsp3) is 0.294. The van der Waals surface area contributed by atoms with E-state index >= 15 is 0 Å². The molecule has 3 heteroatoms. The number of benzene rings is 2. The van der Waals surface area contributed by atoms with Gasteiger partial charge in [-0.05, 0) is 49.1 Å². The van der Waals surface area contributed by atoms with Gasteiger partial charge in [0.2, 0.25) is 0 Å². The summed E-state index contributed by atoms with van der Waals surface area (Å²) in [7, 11) is 1.70. The second-order valence-corrected chi connectivity index (χ2v) is 5.95. The molecule has 2 rings (SSSR count). The van der Waals surface area contributed by atoms with E-state index in [-0.39, 0.29) is 6.04 Å². The van der Waals surface area contributed by atoms with E-state index in [4.69, 9.17) is 10.5 Å². The topological polar surface area (TPSA) is 35.2 Å². The van der Waals surface area contributed by atoms with Crippen LogP contribution in [-0.4, -0.2) is 7.11 Å². The fourth-order valence-electron chi connectivity index (χ4n) is 2.59. The van der Waals surface area contributed by atoms with Crippen molar-refractivity contribution >= 4 is 15.9 Å². The number of hydrogen-bond donors (Lipinski definition) is 1. The van der Waals surface area contributed by atoms with Crippen LogP contribution in [0.15, 0.2) is 40.9 Å². The van der Waals surface area contributed by atoms with Crippen LogP contribution in [0.1, 0.15) is 28.3 Å². The molecule has 106 valence electrons. The van der Waals surface area contributed by atoms with Crippen LogP contribution >= 0.6 is 15.9 Å². The molecule has 2 aromatic carbocycles. The third-order valence-corrected chi connectivity index (χ3v) is 4.26. The summed E-state index contributed by atoms with van der Waals surface area (Å²) in [6.45, 7) is 4.16. The lowest BCUT2D eigenvalue weighted by molar-refractivity contribution is 0.404. The van der Waals surface area contributed by atoms with Crippen LogP contribution in [0.4, 0.5) is 0 Å². The molecule has 0 aromatic heterocycles.